The first-order valence-corrected chi connectivity index (χ1v) is 6.85. The molecule has 3 atom stereocenters. The summed E-state index contributed by atoms with van der Waals surface area (Å²) in [6.07, 6.45) is 14.3. The van der Waals surface area contributed by atoms with Gasteiger partial charge in [0.15, 0.2) is 0 Å². The lowest BCUT2D eigenvalue weighted by atomic mass is 9.57. The predicted molar refractivity (Wildman–Crippen MR) is 63.9 cm³/mol. The largest absolute Gasteiger partial charge is 0.0591 e. The van der Waals surface area contributed by atoms with Crippen molar-refractivity contribution < 1.29 is 0 Å². The lowest BCUT2D eigenvalue weighted by molar-refractivity contribution is 0.183. The van der Waals surface area contributed by atoms with Gasteiger partial charge in [-0.3, -0.25) is 0 Å². The van der Waals surface area contributed by atoms with Crippen molar-refractivity contribution in [2.45, 2.75) is 58.3 Å². The number of fused-ring (bicyclic) bond motifs is 3. The Hall–Kier alpha value is 0. The molecule has 0 heteroatoms. The zero-order chi connectivity index (χ0) is 10.3. The van der Waals surface area contributed by atoms with Crippen LogP contribution in [-0.2, 0) is 0 Å². The number of hydrogen-bond acceptors (Lipinski definition) is 0. The highest BCUT2D eigenvalue weighted by atomic mass is 14.5. The fraction of sp³-hybridized carbons (Fsp3) is 0.800. The molecule has 3 fully saturated rings. The van der Waals surface area contributed by atoms with Crippen molar-refractivity contribution in [3.63, 3.8) is 0 Å². The molecule has 0 spiro atoms. The number of hydrogen-bond donors (Lipinski definition) is 0. The van der Waals surface area contributed by atoms with E-state index in [0.29, 0.717) is 0 Å². The van der Waals surface area contributed by atoms with Gasteiger partial charge in [-0.15, -0.1) is 0 Å². The Morgan fingerprint density at radius 3 is 3.00 bits per heavy atom. The predicted octanol–water partition coefficient (Wildman–Crippen LogP) is 4.37. The van der Waals surface area contributed by atoms with Gasteiger partial charge in [0, 0.05) is 0 Å². The van der Waals surface area contributed by atoms with E-state index >= 15 is 0 Å². The Morgan fingerprint density at radius 1 is 1.13 bits per heavy atom. The van der Waals surface area contributed by atoms with Crippen LogP contribution in [0.5, 0.6) is 0 Å². The summed E-state index contributed by atoms with van der Waals surface area (Å²) in [6.45, 7) is 2.36. The van der Waals surface area contributed by atoms with Crippen LogP contribution >= 0.6 is 0 Å². The fourth-order valence-electron chi connectivity index (χ4n) is 4.18. The summed E-state index contributed by atoms with van der Waals surface area (Å²) >= 11 is 0. The van der Waals surface area contributed by atoms with Crippen LogP contribution in [0.2, 0.25) is 0 Å². The van der Waals surface area contributed by atoms with Gasteiger partial charge >= 0.3 is 0 Å². The van der Waals surface area contributed by atoms with E-state index in [4.69, 9.17) is 0 Å². The SMILES string of the molecule is C[C]1CCC2[C]3CCCCC3C[CH]C2C1. The summed E-state index contributed by atoms with van der Waals surface area (Å²) in [5.41, 5.74) is 0. The van der Waals surface area contributed by atoms with Crippen molar-refractivity contribution in [1.29, 1.82) is 0 Å². The highest BCUT2D eigenvalue weighted by Crippen LogP contribution is 2.53. The van der Waals surface area contributed by atoms with Crippen LogP contribution in [0.4, 0.5) is 0 Å². The third-order valence-electron chi connectivity index (χ3n) is 4.98. The van der Waals surface area contributed by atoms with Crippen LogP contribution in [0.1, 0.15) is 58.3 Å². The monoisotopic (exact) mass is 203 g/mol. The molecule has 0 aromatic carbocycles. The molecule has 0 aromatic heterocycles. The van der Waals surface area contributed by atoms with Gasteiger partial charge < -0.3 is 0 Å². The fourth-order valence-corrected chi connectivity index (χ4v) is 4.18. The molecular weight excluding hydrogens is 180 g/mol. The van der Waals surface area contributed by atoms with Crippen LogP contribution in [-0.4, -0.2) is 0 Å². The molecule has 83 valence electrons. The molecule has 3 rings (SSSR count). The van der Waals surface area contributed by atoms with Crippen molar-refractivity contribution >= 4 is 0 Å². The maximum Gasteiger partial charge on any atom is -0.0176 e. The molecule has 0 aliphatic heterocycles. The highest BCUT2D eigenvalue weighted by Gasteiger charge is 2.42. The first-order valence-electron chi connectivity index (χ1n) is 6.85. The lowest BCUT2D eigenvalue weighted by Crippen LogP contribution is -2.38. The Balaban J connectivity index is 1.72. The smallest absolute Gasteiger partial charge is 0.0176 e. The first kappa shape index (κ1) is 10.2. The van der Waals surface area contributed by atoms with E-state index in [0.717, 1.165) is 17.8 Å². The maximum atomic E-state index is 2.67. The van der Waals surface area contributed by atoms with E-state index < -0.39 is 0 Å². The van der Waals surface area contributed by atoms with Crippen molar-refractivity contribution in [3.05, 3.63) is 18.3 Å². The molecule has 0 bridgehead atoms. The summed E-state index contributed by atoms with van der Waals surface area (Å²) in [5, 5.41) is 0. The first-order chi connectivity index (χ1) is 7.34. The molecule has 3 aliphatic rings. The van der Waals surface area contributed by atoms with Gasteiger partial charge in [-0.05, 0) is 74.5 Å². The molecule has 0 heterocycles. The Morgan fingerprint density at radius 2 is 2.07 bits per heavy atom. The van der Waals surface area contributed by atoms with Crippen molar-refractivity contribution in [1.82, 2.24) is 0 Å². The molecule has 0 amide bonds. The van der Waals surface area contributed by atoms with Crippen LogP contribution in [0.25, 0.3) is 0 Å². The molecule has 3 aliphatic carbocycles. The minimum Gasteiger partial charge on any atom is -0.0591 e. The summed E-state index contributed by atoms with van der Waals surface area (Å²) < 4.78 is 0. The van der Waals surface area contributed by atoms with Gasteiger partial charge in [0.1, 0.15) is 0 Å². The molecular formula is C15H23. The average Bonchev–Trinajstić information content (AvgIpc) is 2.28. The van der Waals surface area contributed by atoms with Crippen molar-refractivity contribution in [3.8, 4) is 0 Å². The quantitative estimate of drug-likeness (QED) is 0.548. The maximum absolute atomic E-state index is 2.67. The molecule has 3 radical (unpaired) electrons. The second-order valence-corrected chi connectivity index (χ2v) is 5.96. The normalized spacial score (nSPS) is 43.4. The minimum atomic E-state index is 0.933. The molecule has 15 heavy (non-hydrogen) atoms. The van der Waals surface area contributed by atoms with Crippen molar-refractivity contribution in [2.75, 3.05) is 0 Å². The Kier molecular flexibility index (Phi) is 2.79. The molecule has 3 saturated carbocycles. The number of rotatable bonds is 0. The van der Waals surface area contributed by atoms with Crippen LogP contribution in [0.3, 0.4) is 0 Å². The second kappa shape index (κ2) is 4.11. The van der Waals surface area contributed by atoms with Gasteiger partial charge in [0.05, 0.1) is 0 Å². The Labute approximate surface area is 94.8 Å². The van der Waals surface area contributed by atoms with Crippen LogP contribution in [0.15, 0.2) is 0 Å². The topological polar surface area (TPSA) is 0 Å². The molecule has 0 saturated heterocycles. The van der Waals surface area contributed by atoms with E-state index in [1.54, 1.807) is 5.92 Å². The molecule has 0 N–H and O–H groups in total. The van der Waals surface area contributed by atoms with E-state index in [-0.39, 0.29) is 0 Å². The van der Waals surface area contributed by atoms with E-state index in [1.807, 2.05) is 5.92 Å². The summed E-state index contributed by atoms with van der Waals surface area (Å²) in [5.74, 6) is 6.66. The Bertz CT molecular complexity index is 220. The summed E-state index contributed by atoms with van der Waals surface area (Å²) in [4.78, 5) is 0. The van der Waals surface area contributed by atoms with Gasteiger partial charge in [-0.1, -0.05) is 19.8 Å². The van der Waals surface area contributed by atoms with Gasteiger partial charge in [-0.2, -0.15) is 0 Å². The third-order valence-corrected chi connectivity index (χ3v) is 4.98. The summed E-state index contributed by atoms with van der Waals surface area (Å²) in [6, 6.07) is 0. The lowest BCUT2D eigenvalue weighted by Gasteiger charge is -2.48. The third kappa shape index (κ3) is 1.85. The zero-order valence-electron chi connectivity index (χ0n) is 9.97. The minimum absolute atomic E-state index is 0.933. The van der Waals surface area contributed by atoms with E-state index in [9.17, 15) is 0 Å². The second-order valence-electron chi connectivity index (χ2n) is 5.96. The van der Waals surface area contributed by atoms with Crippen LogP contribution < -0.4 is 0 Å². The van der Waals surface area contributed by atoms with Gasteiger partial charge in [-0.25, -0.2) is 0 Å². The van der Waals surface area contributed by atoms with E-state index in [2.05, 4.69) is 13.3 Å². The zero-order valence-corrected chi connectivity index (χ0v) is 9.97. The highest BCUT2D eigenvalue weighted by molar-refractivity contribution is 5.16. The van der Waals surface area contributed by atoms with Gasteiger partial charge in [0.2, 0.25) is 0 Å². The standard InChI is InChI=1S/C15H23/c1-11-6-9-15-13(10-11)8-7-12-4-2-3-5-14(12)15/h8,12-13,15H,2-7,9-10H2,1H3. The van der Waals surface area contributed by atoms with Crippen LogP contribution in [0, 0.1) is 36.0 Å². The molecule has 3 unspecified atom stereocenters. The summed E-state index contributed by atoms with van der Waals surface area (Å²) in [7, 11) is 0. The average molecular weight is 203 g/mol. The van der Waals surface area contributed by atoms with Crippen molar-refractivity contribution in [2.24, 2.45) is 17.8 Å². The molecule has 0 aromatic rings. The molecule has 0 nitrogen and oxygen atoms in total. The van der Waals surface area contributed by atoms with E-state index in [1.165, 1.54) is 51.4 Å². The van der Waals surface area contributed by atoms with Gasteiger partial charge in [0.25, 0.3) is 0 Å².